The molecule has 2 aromatic rings. The number of hydrogen-bond donors (Lipinski definition) is 0. The van der Waals surface area contributed by atoms with Crippen LogP contribution in [0.3, 0.4) is 0 Å². The van der Waals surface area contributed by atoms with Gasteiger partial charge in [0.25, 0.3) is 0 Å². The summed E-state index contributed by atoms with van der Waals surface area (Å²) in [5.74, 6) is -0.325. The number of nitrogens with zero attached hydrogens (tertiary/aromatic N) is 5. The first kappa shape index (κ1) is 15.2. The van der Waals surface area contributed by atoms with Gasteiger partial charge in [-0.05, 0) is 26.0 Å². The molecule has 6 nitrogen and oxygen atoms in total. The average Bonchev–Trinajstić information content (AvgIpc) is 2.54. The van der Waals surface area contributed by atoms with Crippen molar-refractivity contribution in [2.45, 2.75) is 32.0 Å². The zero-order chi connectivity index (χ0) is 16.4. The van der Waals surface area contributed by atoms with Gasteiger partial charge in [-0.2, -0.15) is 10.5 Å². The number of anilines is 1. The van der Waals surface area contributed by atoms with E-state index in [4.69, 9.17) is 9.72 Å². The van der Waals surface area contributed by atoms with Crippen LogP contribution in [0.15, 0.2) is 24.3 Å². The topological polar surface area (TPSA) is 85.8 Å². The largest absolute Gasteiger partial charge is 0.372 e. The van der Waals surface area contributed by atoms with Crippen LogP contribution < -0.4 is 4.90 Å². The molecule has 23 heavy (non-hydrogen) atoms. The lowest BCUT2D eigenvalue weighted by molar-refractivity contribution is -0.00551. The van der Waals surface area contributed by atoms with Gasteiger partial charge in [-0.3, -0.25) is 0 Å². The standard InChI is InChI=1S/C17H17N5O/c1-11-9-22(10-12(2)23-11)17-16(13(7-18)8-19)20-14-5-3-4-6-15(14)21-17/h3-6,11-13H,9-10H2,1-2H3/t11-,12-/m1/s1. The van der Waals surface area contributed by atoms with E-state index in [-0.39, 0.29) is 12.2 Å². The molecule has 0 N–H and O–H groups in total. The van der Waals surface area contributed by atoms with Gasteiger partial charge in [-0.25, -0.2) is 9.97 Å². The number of morpholine rings is 1. The van der Waals surface area contributed by atoms with Gasteiger partial charge in [-0.1, -0.05) is 12.1 Å². The number of fused-ring (bicyclic) bond motifs is 1. The summed E-state index contributed by atoms with van der Waals surface area (Å²) in [6.45, 7) is 5.33. The van der Waals surface area contributed by atoms with Gasteiger partial charge in [0.05, 0.1) is 35.4 Å². The van der Waals surface area contributed by atoms with Gasteiger partial charge in [-0.15, -0.1) is 0 Å². The highest BCUT2D eigenvalue weighted by molar-refractivity contribution is 5.77. The second kappa shape index (κ2) is 6.20. The molecule has 0 saturated carbocycles. The van der Waals surface area contributed by atoms with Crippen molar-refractivity contribution < 1.29 is 4.74 Å². The molecular weight excluding hydrogens is 290 g/mol. The first-order valence-electron chi connectivity index (χ1n) is 7.58. The monoisotopic (exact) mass is 307 g/mol. The normalized spacial score (nSPS) is 21.2. The number of benzene rings is 1. The van der Waals surface area contributed by atoms with Gasteiger partial charge in [0.2, 0.25) is 0 Å². The van der Waals surface area contributed by atoms with Crippen LogP contribution in [-0.2, 0) is 4.74 Å². The lowest BCUT2D eigenvalue weighted by Crippen LogP contribution is -2.46. The Labute approximate surface area is 134 Å². The van der Waals surface area contributed by atoms with Crippen molar-refractivity contribution in [3.8, 4) is 12.1 Å². The number of aromatic nitrogens is 2. The number of hydrogen-bond acceptors (Lipinski definition) is 6. The predicted octanol–water partition coefficient (Wildman–Crippen LogP) is 2.37. The van der Waals surface area contributed by atoms with Crippen LogP contribution in [0.1, 0.15) is 25.5 Å². The fourth-order valence-electron chi connectivity index (χ4n) is 2.93. The highest BCUT2D eigenvalue weighted by atomic mass is 16.5. The minimum atomic E-state index is -0.935. The zero-order valence-electron chi connectivity index (χ0n) is 13.1. The number of ether oxygens (including phenoxy) is 1. The van der Waals surface area contributed by atoms with Crippen molar-refractivity contribution in [3.63, 3.8) is 0 Å². The molecule has 1 aromatic heterocycles. The molecule has 116 valence electrons. The maximum Gasteiger partial charge on any atom is 0.178 e. The van der Waals surface area contributed by atoms with Crippen molar-refractivity contribution in [1.29, 1.82) is 10.5 Å². The molecule has 0 bridgehead atoms. The Hall–Kier alpha value is -2.70. The predicted molar refractivity (Wildman–Crippen MR) is 85.7 cm³/mol. The van der Waals surface area contributed by atoms with Gasteiger partial charge in [0, 0.05) is 13.1 Å². The van der Waals surface area contributed by atoms with Crippen LogP contribution in [0, 0.1) is 22.7 Å². The van der Waals surface area contributed by atoms with Gasteiger partial charge in [0.1, 0.15) is 5.69 Å². The minimum Gasteiger partial charge on any atom is -0.372 e. The number of para-hydroxylation sites is 2. The van der Waals surface area contributed by atoms with Gasteiger partial charge < -0.3 is 9.64 Å². The maximum absolute atomic E-state index is 9.29. The molecule has 0 radical (unpaired) electrons. The highest BCUT2D eigenvalue weighted by Gasteiger charge is 2.28. The molecule has 1 fully saturated rings. The van der Waals surface area contributed by atoms with E-state index in [1.54, 1.807) is 0 Å². The molecular formula is C17H17N5O. The molecule has 3 rings (SSSR count). The molecule has 1 saturated heterocycles. The van der Waals surface area contributed by atoms with Crippen LogP contribution in [0.25, 0.3) is 11.0 Å². The number of rotatable bonds is 2. The summed E-state index contributed by atoms with van der Waals surface area (Å²) in [5, 5.41) is 18.6. The van der Waals surface area contributed by atoms with E-state index in [9.17, 15) is 10.5 Å². The van der Waals surface area contributed by atoms with E-state index in [0.717, 1.165) is 5.52 Å². The molecule has 0 unspecified atom stereocenters. The second-order valence-corrected chi connectivity index (χ2v) is 5.77. The third kappa shape index (κ3) is 2.94. The summed E-state index contributed by atoms with van der Waals surface area (Å²) >= 11 is 0. The summed E-state index contributed by atoms with van der Waals surface area (Å²) < 4.78 is 5.76. The Kier molecular flexibility index (Phi) is 4.10. The SMILES string of the molecule is C[C@@H]1CN(c2nc3ccccc3nc2C(C#N)C#N)C[C@@H](C)O1. The Morgan fingerprint density at radius 2 is 1.65 bits per heavy atom. The van der Waals surface area contributed by atoms with Crippen molar-refractivity contribution in [1.82, 2.24) is 9.97 Å². The lowest BCUT2D eigenvalue weighted by atomic mass is 10.1. The van der Waals surface area contributed by atoms with E-state index >= 15 is 0 Å². The van der Waals surface area contributed by atoms with E-state index < -0.39 is 5.92 Å². The minimum absolute atomic E-state index is 0.0579. The third-order valence-corrected chi connectivity index (χ3v) is 3.83. The van der Waals surface area contributed by atoms with Gasteiger partial charge >= 0.3 is 0 Å². The zero-order valence-corrected chi connectivity index (χ0v) is 13.1. The summed E-state index contributed by atoms with van der Waals surface area (Å²) in [6, 6.07) is 11.5. The summed E-state index contributed by atoms with van der Waals surface area (Å²) in [7, 11) is 0. The van der Waals surface area contributed by atoms with Crippen molar-refractivity contribution in [3.05, 3.63) is 30.0 Å². The fourth-order valence-corrected chi connectivity index (χ4v) is 2.93. The first-order valence-corrected chi connectivity index (χ1v) is 7.58. The Morgan fingerprint density at radius 3 is 2.22 bits per heavy atom. The quantitative estimate of drug-likeness (QED) is 0.846. The molecule has 0 aliphatic carbocycles. The fraction of sp³-hybridized carbons (Fsp3) is 0.412. The molecule has 2 atom stereocenters. The lowest BCUT2D eigenvalue weighted by Gasteiger charge is -2.36. The van der Waals surface area contributed by atoms with Gasteiger partial charge in [0.15, 0.2) is 11.7 Å². The Balaban J connectivity index is 2.15. The molecule has 0 spiro atoms. The molecule has 6 heteroatoms. The summed E-state index contributed by atoms with van der Waals surface area (Å²) in [6.07, 6.45) is 0.116. The molecule has 1 aliphatic heterocycles. The first-order chi connectivity index (χ1) is 11.1. The van der Waals surface area contributed by atoms with Crippen molar-refractivity contribution in [2.75, 3.05) is 18.0 Å². The molecule has 1 aliphatic rings. The number of nitriles is 2. The Morgan fingerprint density at radius 1 is 1.09 bits per heavy atom. The molecule has 1 aromatic carbocycles. The average molecular weight is 307 g/mol. The maximum atomic E-state index is 9.29. The molecule has 2 heterocycles. The third-order valence-electron chi connectivity index (χ3n) is 3.83. The van der Waals surface area contributed by atoms with Crippen LogP contribution in [-0.4, -0.2) is 35.3 Å². The second-order valence-electron chi connectivity index (χ2n) is 5.77. The van der Waals surface area contributed by atoms with Crippen LogP contribution in [0.2, 0.25) is 0 Å². The summed E-state index contributed by atoms with van der Waals surface area (Å²) in [5.41, 5.74) is 1.87. The van der Waals surface area contributed by atoms with Crippen LogP contribution in [0.5, 0.6) is 0 Å². The highest BCUT2D eigenvalue weighted by Crippen LogP contribution is 2.28. The van der Waals surface area contributed by atoms with E-state index in [1.165, 1.54) is 0 Å². The van der Waals surface area contributed by atoms with E-state index in [2.05, 4.69) is 9.88 Å². The van der Waals surface area contributed by atoms with Crippen molar-refractivity contribution in [2.24, 2.45) is 0 Å². The van der Waals surface area contributed by atoms with Crippen LogP contribution in [0.4, 0.5) is 5.82 Å². The van der Waals surface area contributed by atoms with E-state index in [0.29, 0.717) is 30.1 Å². The van der Waals surface area contributed by atoms with Crippen LogP contribution >= 0.6 is 0 Å². The smallest absolute Gasteiger partial charge is 0.178 e. The van der Waals surface area contributed by atoms with E-state index in [1.807, 2.05) is 50.3 Å². The summed E-state index contributed by atoms with van der Waals surface area (Å²) in [4.78, 5) is 11.3. The molecule has 0 amide bonds. The van der Waals surface area contributed by atoms with Crippen molar-refractivity contribution >= 4 is 16.9 Å². The Bertz CT molecular complexity index is 783.